The molecule has 2 aromatic rings. The lowest BCUT2D eigenvalue weighted by molar-refractivity contribution is 0.157. The summed E-state index contributed by atoms with van der Waals surface area (Å²) >= 11 is 0. The van der Waals surface area contributed by atoms with Crippen LogP contribution >= 0.6 is 0 Å². The molecule has 3 atom stereocenters. The highest BCUT2D eigenvalue weighted by atomic mass is 14.5. The maximum atomic E-state index is 2.68. The van der Waals surface area contributed by atoms with E-state index in [2.05, 4.69) is 67.6 Å². The first-order chi connectivity index (χ1) is 12.8. The van der Waals surface area contributed by atoms with E-state index >= 15 is 0 Å². The second-order valence-corrected chi connectivity index (χ2v) is 9.03. The van der Waals surface area contributed by atoms with Crippen LogP contribution in [0.15, 0.2) is 60.7 Å². The molecule has 134 valence electrons. The topological polar surface area (TPSA) is 0 Å². The van der Waals surface area contributed by atoms with Crippen LogP contribution in [0.3, 0.4) is 0 Å². The van der Waals surface area contributed by atoms with E-state index in [0.717, 1.165) is 23.7 Å². The van der Waals surface area contributed by atoms with Gasteiger partial charge in [-0.15, -0.1) is 0 Å². The first-order valence-electron chi connectivity index (χ1n) is 10.6. The molecule has 26 heavy (non-hydrogen) atoms. The number of hydrogen-bond acceptors (Lipinski definition) is 0. The molecule has 0 saturated heterocycles. The van der Waals surface area contributed by atoms with E-state index in [9.17, 15) is 0 Å². The Kier molecular flexibility index (Phi) is 4.23. The molecule has 0 aliphatic heterocycles. The van der Waals surface area contributed by atoms with Crippen LogP contribution < -0.4 is 0 Å². The van der Waals surface area contributed by atoms with E-state index in [1.54, 1.807) is 16.7 Å². The first kappa shape index (κ1) is 16.4. The Bertz CT molecular complexity index is 792. The van der Waals surface area contributed by atoms with Crippen molar-refractivity contribution in [2.75, 3.05) is 0 Å². The fourth-order valence-electron chi connectivity index (χ4n) is 6.06. The van der Waals surface area contributed by atoms with Crippen molar-refractivity contribution >= 4 is 5.57 Å². The van der Waals surface area contributed by atoms with E-state index in [1.807, 2.05) is 0 Å². The third-order valence-corrected chi connectivity index (χ3v) is 7.51. The average Bonchev–Trinajstić information content (AvgIpc) is 3.14. The third kappa shape index (κ3) is 2.84. The van der Waals surface area contributed by atoms with Gasteiger partial charge in [0, 0.05) is 0 Å². The summed E-state index contributed by atoms with van der Waals surface area (Å²) < 4.78 is 0. The highest BCUT2D eigenvalue weighted by Gasteiger charge is 2.42. The Labute approximate surface area is 158 Å². The molecule has 0 nitrogen and oxygen atoms in total. The zero-order valence-electron chi connectivity index (χ0n) is 15.9. The fourth-order valence-corrected chi connectivity index (χ4v) is 6.06. The molecule has 0 bridgehead atoms. The molecule has 1 fully saturated rings. The Balaban J connectivity index is 1.51. The van der Waals surface area contributed by atoms with Gasteiger partial charge in [-0.25, -0.2) is 0 Å². The van der Waals surface area contributed by atoms with E-state index in [-0.39, 0.29) is 0 Å². The van der Waals surface area contributed by atoms with Crippen molar-refractivity contribution < 1.29 is 0 Å². The van der Waals surface area contributed by atoms with Gasteiger partial charge in [0.05, 0.1) is 0 Å². The van der Waals surface area contributed by atoms with Crippen LogP contribution in [0.1, 0.15) is 61.6 Å². The van der Waals surface area contributed by atoms with E-state index < -0.39 is 0 Å². The van der Waals surface area contributed by atoms with Gasteiger partial charge in [-0.2, -0.15) is 0 Å². The van der Waals surface area contributed by atoms with Gasteiger partial charge in [0.15, 0.2) is 0 Å². The molecule has 5 rings (SSSR count). The molecular weight excluding hydrogens is 312 g/mol. The van der Waals surface area contributed by atoms with Crippen molar-refractivity contribution in [3.63, 3.8) is 0 Å². The monoisotopic (exact) mass is 342 g/mol. The van der Waals surface area contributed by atoms with Gasteiger partial charge >= 0.3 is 0 Å². The molecule has 0 spiro atoms. The number of benzene rings is 2. The van der Waals surface area contributed by atoms with Gasteiger partial charge < -0.3 is 0 Å². The number of fused-ring (bicyclic) bond motifs is 3. The van der Waals surface area contributed by atoms with Crippen molar-refractivity contribution in [1.82, 2.24) is 0 Å². The van der Waals surface area contributed by atoms with Crippen molar-refractivity contribution in [2.45, 2.75) is 51.4 Å². The molecule has 0 heterocycles. The standard InChI is InChI=1S/C26H30/c1-18-11-13-20(14-12-18)24-15-21-9-5-6-10-23(21)25-16-22(17-26(24)25)19-7-3-2-4-8-19/h2-10,17-18,20,24-26H,11-16H2,1H3. The fraction of sp³-hybridized carbons (Fsp3) is 0.462. The van der Waals surface area contributed by atoms with Gasteiger partial charge in [0.2, 0.25) is 0 Å². The summed E-state index contributed by atoms with van der Waals surface area (Å²) in [6.07, 6.45) is 11.0. The summed E-state index contributed by atoms with van der Waals surface area (Å²) in [6, 6.07) is 20.4. The molecular formula is C26H30. The molecule has 3 aliphatic rings. The van der Waals surface area contributed by atoms with Crippen LogP contribution in [0.5, 0.6) is 0 Å². The van der Waals surface area contributed by atoms with Gasteiger partial charge in [-0.1, -0.05) is 80.4 Å². The first-order valence-corrected chi connectivity index (χ1v) is 10.6. The molecule has 3 aliphatic carbocycles. The zero-order valence-corrected chi connectivity index (χ0v) is 15.9. The van der Waals surface area contributed by atoms with Crippen molar-refractivity contribution in [2.24, 2.45) is 23.7 Å². The summed E-state index contributed by atoms with van der Waals surface area (Å²) in [5, 5.41) is 0. The quantitative estimate of drug-likeness (QED) is 0.558. The minimum absolute atomic E-state index is 0.708. The molecule has 0 radical (unpaired) electrons. The summed E-state index contributed by atoms with van der Waals surface area (Å²) in [5.41, 5.74) is 6.31. The molecule has 0 N–H and O–H groups in total. The molecule has 0 amide bonds. The smallest absolute Gasteiger partial charge is 0.00526 e. The van der Waals surface area contributed by atoms with Gasteiger partial charge in [0.1, 0.15) is 0 Å². The third-order valence-electron chi connectivity index (χ3n) is 7.51. The largest absolute Gasteiger partial charge is 0.0767 e. The SMILES string of the molecule is CC1CCC(C2Cc3ccccc3C3CC(c4ccccc4)=CC32)CC1. The van der Waals surface area contributed by atoms with Crippen molar-refractivity contribution in [3.8, 4) is 0 Å². The summed E-state index contributed by atoms with van der Waals surface area (Å²) in [4.78, 5) is 0. The average molecular weight is 343 g/mol. The molecule has 0 aromatic heterocycles. The Hall–Kier alpha value is -1.82. The highest BCUT2D eigenvalue weighted by molar-refractivity contribution is 5.70. The zero-order chi connectivity index (χ0) is 17.5. The maximum Gasteiger partial charge on any atom is -0.00526 e. The maximum absolute atomic E-state index is 2.68. The minimum Gasteiger partial charge on any atom is -0.0767 e. The number of hydrogen-bond donors (Lipinski definition) is 0. The van der Waals surface area contributed by atoms with E-state index in [1.165, 1.54) is 44.1 Å². The summed E-state index contributed by atoms with van der Waals surface area (Å²) in [6.45, 7) is 2.44. The molecule has 1 saturated carbocycles. The molecule has 0 heteroatoms. The van der Waals surface area contributed by atoms with Crippen molar-refractivity contribution in [1.29, 1.82) is 0 Å². The minimum atomic E-state index is 0.708. The summed E-state index contributed by atoms with van der Waals surface area (Å²) in [5.74, 6) is 4.18. The summed E-state index contributed by atoms with van der Waals surface area (Å²) in [7, 11) is 0. The van der Waals surface area contributed by atoms with E-state index in [4.69, 9.17) is 0 Å². The Morgan fingerprint density at radius 2 is 1.50 bits per heavy atom. The van der Waals surface area contributed by atoms with Crippen molar-refractivity contribution in [3.05, 3.63) is 77.4 Å². The van der Waals surface area contributed by atoms with Crippen LogP contribution in [0.2, 0.25) is 0 Å². The van der Waals surface area contributed by atoms with Crippen LogP contribution in [0.4, 0.5) is 0 Å². The normalized spacial score (nSPS) is 33.3. The number of rotatable bonds is 2. The second-order valence-electron chi connectivity index (χ2n) is 9.03. The molecule has 3 unspecified atom stereocenters. The second kappa shape index (κ2) is 6.72. The van der Waals surface area contributed by atoms with Crippen LogP contribution in [0, 0.1) is 23.7 Å². The number of allylic oxidation sites excluding steroid dienone is 2. The lowest BCUT2D eigenvalue weighted by Crippen LogP contribution is -2.33. The van der Waals surface area contributed by atoms with Crippen LogP contribution in [-0.2, 0) is 6.42 Å². The van der Waals surface area contributed by atoms with Gasteiger partial charge in [-0.3, -0.25) is 0 Å². The predicted molar refractivity (Wildman–Crippen MR) is 110 cm³/mol. The molecule has 2 aromatic carbocycles. The Morgan fingerprint density at radius 3 is 2.31 bits per heavy atom. The van der Waals surface area contributed by atoms with Gasteiger partial charge in [-0.05, 0) is 77.5 Å². The lowest BCUT2D eigenvalue weighted by Gasteiger charge is -2.42. The Morgan fingerprint density at radius 1 is 0.769 bits per heavy atom. The lowest BCUT2D eigenvalue weighted by atomic mass is 9.63. The van der Waals surface area contributed by atoms with Crippen LogP contribution in [0.25, 0.3) is 5.57 Å². The predicted octanol–water partition coefficient (Wildman–Crippen LogP) is 6.87. The highest BCUT2D eigenvalue weighted by Crippen LogP contribution is 2.54. The van der Waals surface area contributed by atoms with E-state index in [0.29, 0.717) is 5.92 Å². The van der Waals surface area contributed by atoms with Gasteiger partial charge in [0.25, 0.3) is 0 Å². The van der Waals surface area contributed by atoms with Crippen LogP contribution in [-0.4, -0.2) is 0 Å².